The summed E-state index contributed by atoms with van der Waals surface area (Å²) < 4.78 is 0. The zero-order valence-corrected chi connectivity index (χ0v) is 15.5. The molecule has 0 atom stereocenters. The van der Waals surface area contributed by atoms with E-state index in [4.69, 9.17) is 0 Å². The van der Waals surface area contributed by atoms with Crippen molar-refractivity contribution in [3.8, 4) is 17.2 Å². The number of rotatable bonds is 6. The number of aromatic hydroxyl groups is 3. The van der Waals surface area contributed by atoms with Gasteiger partial charge in [-0.05, 0) is 24.3 Å². The lowest BCUT2D eigenvalue weighted by atomic mass is 10.2. The van der Waals surface area contributed by atoms with Crippen LogP contribution in [0, 0.1) is 0 Å². The Balaban J connectivity index is 1.40. The van der Waals surface area contributed by atoms with Crippen LogP contribution in [0.25, 0.3) is 0 Å². The molecule has 0 saturated carbocycles. The van der Waals surface area contributed by atoms with Crippen molar-refractivity contribution in [2.24, 2.45) is 5.10 Å². The van der Waals surface area contributed by atoms with Crippen LogP contribution in [-0.4, -0.2) is 65.1 Å². The Labute approximate surface area is 163 Å². The monoisotopic (exact) mass is 384 g/mol. The van der Waals surface area contributed by atoms with Gasteiger partial charge in [0.1, 0.15) is 0 Å². The van der Waals surface area contributed by atoms with Gasteiger partial charge in [-0.2, -0.15) is 5.10 Å². The first-order chi connectivity index (χ1) is 13.5. The van der Waals surface area contributed by atoms with E-state index in [0.29, 0.717) is 13.0 Å². The average Bonchev–Trinajstić information content (AvgIpc) is 2.73. The van der Waals surface area contributed by atoms with Crippen LogP contribution in [0.2, 0.25) is 0 Å². The molecule has 0 spiro atoms. The van der Waals surface area contributed by atoms with E-state index in [1.165, 1.54) is 24.0 Å². The van der Waals surface area contributed by atoms with Gasteiger partial charge in [-0.25, -0.2) is 5.43 Å². The van der Waals surface area contributed by atoms with E-state index in [0.717, 1.165) is 26.2 Å². The van der Waals surface area contributed by atoms with Gasteiger partial charge in [-0.1, -0.05) is 18.2 Å². The highest BCUT2D eigenvalue weighted by Gasteiger charge is 2.17. The second kappa shape index (κ2) is 9.09. The number of carbonyl (C=O) groups is 1. The first-order valence-electron chi connectivity index (χ1n) is 9.13. The molecule has 0 radical (unpaired) electrons. The minimum Gasteiger partial charge on any atom is -0.504 e. The Kier molecular flexibility index (Phi) is 6.33. The van der Waals surface area contributed by atoms with E-state index in [1.807, 2.05) is 18.2 Å². The second-order valence-corrected chi connectivity index (χ2v) is 6.58. The van der Waals surface area contributed by atoms with Crippen LogP contribution in [-0.2, 0) is 4.79 Å². The van der Waals surface area contributed by atoms with Crippen LogP contribution in [0.4, 0.5) is 5.69 Å². The van der Waals surface area contributed by atoms with E-state index >= 15 is 0 Å². The lowest BCUT2D eigenvalue weighted by Crippen LogP contribution is -2.47. The molecule has 1 amide bonds. The summed E-state index contributed by atoms with van der Waals surface area (Å²) in [6, 6.07) is 12.9. The number of phenols is 3. The number of hydrogen-bond acceptors (Lipinski definition) is 7. The van der Waals surface area contributed by atoms with Gasteiger partial charge >= 0.3 is 0 Å². The Morgan fingerprint density at radius 1 is 1.00 bits per heavy atom. The molecule has 1 aliphatic rings. The van der Waals surface area contributed by atoms with Gasteiger partial charge in [0, 0.05) is 50.4 Å². The summed E-state index contributed by atoms with van der Waals surface area (Å²) in [5.41, 5.74) is 3.81. The van der Waals surface area contributed by atoms with E-state index < -0.39 is 17.2 Å². The Hall–Kier alpha value is -3.26. The van der Waals surface area contributed by atoms with E-state index in [-0.39, 0.29) is 11.5 Å². The van der Waals surface area contributed by atoms with Gasteiger partial charge in [0.2, 0.25) is 11.7 Å². The van der Waals surface area contributed by atoms with Crippen molar-refractivity contribution >= 4 is 17.8 Å². The number of anilines is 1. The SMILES string of the molecule is O=C(CCN1CCN(c2ccccc2)CC1)N/N=C/c1ccc(O)c(O)c1O. The Morgan fingerprint density at radius 2 is 1.71 bits per heavy atom. The van der Waals surface area contributed by atoms with Gasteiger partial charge in [0.15, 0.2) is 11.5 Å². The fourth-order valence-corrected chi connectivity index (χ4v) is 3.05. The summed E-state index contributed by atoms with van der Waals surface area (Å²) in [6.07, 6.45) is 1.53. The predicted molar refractivity (Wildman–Crippen MR) is 107 cm³/mol. The number of benzene rings is 2. The molecule has 0 aromatic heterocycles. The maximum atomic E-state index is 12.0. The van der Waals surface area contributed by atoms with Crippen LogP contribution in [0.5, 0.6) is 17.2 Å². The minimum absolute atomic E-state index is 0.188. The molecule has 1 fully saturated rings. The van der Waals surface area contributed by atoms with Crippen molar-refractivity contribution in [1.82, 2.24) is 10.3 Å². The molecule has 1 saturated heterocycles. The highest BCUT2D eigenvalue weighted by molar-refractivity contribution is 5.87. The number of nitrogens with one attached hydrogen (secondary N) is 1. The molecule has 0 unspecified atom stereocenters. The van der Waals surface area contributed by atoms with Crippen LogP contribution in [0.3, 0.4) is 0 Å². The zero-order valence-electron chi connectivity index (χ0n) is 15.5. The summed E-state index contributed by atoms with van der Waals surface area (Å²) in [7, 11) is 0. The summed E-state index contributed by atoms with van der Waals surface area (Å²) >= 11 is 0. The number of amides is 1. The van der Waals surface area contributed by atoms with E-state index in [1.54, 1.807) is 0 Å². The third-order valence-corrected chi connectivity index (χ3v) is 4.70. The normalized spacial score (nSPS) is 15.1. The summed E-state index contributed by atoms with van der Waals surface area (Å²) in [5, 5.41) is 32.2. The molecule has 28 heavy (non-hydrogen) atoms. The largest absolute Gasteiger partial charge is 0.504 e. The molecule has 148 valence electrons. The second-order valence-electron chi connectivity index (χ2n) is 6.58. The molecule has 2 aromatic rings. The first kappa shape index (κ1) is 19.5. The number of para-hydroxylation sites is 1. The van der Waals surface area contributed by atoms with Crippen molar-refractivity contribution in [3.63, 3.8) is 0 Å². The molecule has 0 bridgehead atoms. The molecule has 8 heteroatoms. The topological polar surface area (TPSA) is 109 Å². The molecule has 0 aliphatic carbocycles. The number of hydrogen-bond donors (Lipinski definition) is 4. The summed E-state index contributed by atoms with van der Waals surface area (Å²) in [6.45, 7) is 4.29. The van der Waals surface area contributed by atoms with Crippen LogP contribution >= 0.6 is 0 Å². The predicted octanol–water partition coefficient (Wildman–Crippen LogP) is 1.47. The molecule has 1 heterocycles. The highest BCUT2D eigenvalue weighted by atomic mass is 16.3. The number of hydrazone groups is 1. The molecule has 3 rings (SSSR count). The molecular weight excluding hydrogens is 360 g/mol. The third kappa shape index (κ3) is 4.92. The van der Waals surface area contributed by atoms with E-state index in [9.17, 15) is 20.1 Å². The first-order valence-corrected chi connectivity index (χ1v) is 9.13. The fourth-order valence-electron chi connectivity index (χ4n) is 3.05. The maximum Gasteiger partial charge on any atom is 0.241 e. The molecular formula is C20H24N4O4. The molecule has 2 aromatic carbocycles. The van der Waals surface area contributed by atoms with Crippen molar-refractivity contribution in [2.75, 3.05) is 37.6 Å². The third-order valence-electron chi connectivity index (χ3n) is 4.70. The van der Waals surface area contributed by atoms with E-state index in [2.05, 4.69) is 32.5 Å². The van der Waals surface area contributed by atoms with Crippen molar-refractivity contribution < 1.29 is 20.1 Å². The number of nitrogens with zero attached hydrogens (tertiary/aromatic N) is 3. The van der Waals surface area contributed by atoms with Crippen molar-refractivity contribution in [1.29, 1.82) is 0 Å². The fraction of sp³-hybridized carbons (Fsp3) is 0.300. The van der Waals surface area contributed by atoms with Crippen molar-refractivity contribution in [3.05, 3.63) is 48.0 Å². The van der Waals surface area contributed by atoms with Gasteiger partial charge in [-0.3, -0.25) is 9.69 Å². The zero-order chi connectivity index (χ0) is 19.9. The number of carbonyl (C=O) groups excluding carboxylic acids is 1. The standard InChI is InChI=1S/C20H24N4O4/c25-17-7-6-15(19(27)20(17)28)14-21-22-18(26)8-9-23-10-12-24(13-11-23)16-4-2-1-3-5-16/h1-7,14,25,27-28H,8-13H2,(H,22,26)/b21-14+. The van der Waals surface area contributed by atoms with Gasteiger partial charge in [-0.15, -0.1) is 0 Å². The van der Waals surface area contributed by atoms with Gasteiger partial charge < -0.3 is 20.2 Å². The van der Waals surface area contributed by atoms with Crippen LogP contribution < -0.4 is 10.3 Å². The highest BCUT2D eigenvalue weighted by Crippen LogP contribution is 2.36. The summed E-state index contributed by atoms with van der Waals surface area (Å²) in [4.78, 5) is 16.5. The Morgan fingerprint density at radius 3 is 2.43 bits per heavy atom. The molecule has 1 aliphatic heterocycles. The number of phenolic OH excluding ortho intramolecular Hbond substituents is 3. The average molecular weight is 384 g/mol. The maximum absolute atomic E-state index is 12.0. The van der Waals surface area contributed by atoms with Crippen molar-refractivity contribution in [2.45, 2.75) is 6.42 Å². The Bertz CT molecular complexity index is 834. The lowest BCUT2D eigenvalue weighted by Gasteiger charge is -2.36. The smallest absolute Gasteiger partial charge is 0.241 e. The van der Waals surface area contributed by atoms with Crippen LogP contribution in [0.15, 0.2) is 47.6 Å². The molecule has 4 N–H and O–H groups in total. The summed E-state index contributed by atoms with van der Waals surface area (Å²) in [5.74, 6) is -1.77. The lowest BCUT2D eigenvalue weighted by molar-refractivity contribution is -0.121. The van der Waals surface area contributed by atoms with Crippen LogP contribution in [0.1, 0.15) is 12.0 Å². The quantitative estimate of drug-likeness (QED) is 0.341. The number of piperazine rings is 1. The molecule has 8 nitrogen and oxygen atoms in total. The van der Waals surface area contributed by atoms with Gasteiger partial charge in [0.05, 0.1) is 6.21 Å². The minimum atomic E-state index is -0.620. The van der Waals surface area contributed by atoms with Gasteiger partial charge in [0.25, 0.3) is 0 Å².